The highest BCUT2D eigenvalue weighted by Gasteiger charge is 2.10. The molecule has 0 aliphatic carbocycles. The molecule has 3 amide bonds. The van der Waals surface area contributed by atoms with Crippen molar-refractivity contribution in [1.29, 1.82) is 0 Å². The van der Waals surface area contributed by atoms with Crippen LogP contribution in [0.25, 0.3) is 6.08 Å². The van der Waals surface area contributed by atoms with Gasteiger partial charge in [-0.15, -0.1) is 0 Å². The summed E-state index contributed by atoms with van der Waals surface area (Å²) in [7, 11) is 1.52. The van der Waals surface area contributed by atoms with Crippen molar-refractivity contribution in [3.05, 3.63) is 54.0 Å². The Morgan fingerprint density at radius 1 is 1.17 bits per heavy atom. The number of nitrogens with one attached hydrogen (secondary N) is 2. The van der Waals surface area contributed by atoms with Crippen molar-refractivity contribution >= 4 is 24.0 Å². The van der Waals surface area contributed by atoms with Gasteiger partial charge in [0.1, 0.15) is 5.76 Å². The Kier molecular flexibility index (Phi) is 8.49. The highest BCUT2D eigenvalue weighted by atomic mass is 16.5. The zero-order valence-electron chi connectivity index (χ0n) is 17.0. The molecule has 0 fully saturated rings. The number of amides is 3. The molecule has 2 N–H and O–H groups in total. The van der Waals surface area contributed by atoms with Crippen molar-refractivity contribution in [1.82, 2.24) is 10.6 Å². The second-order valence-electron chi connectivity index (χ2n) is 6.33. The van der Waals surface area contributed by atoms with Gasteiger partial charge in [0.15, 0.2) is 18.1 Å². The van der Waals surface area contributed by atoms with E-state index in [1.807, 2.05) is 19.2 Å². The minimum atomic E-state index is -0.759. The number of hydrogen-bond donors (Lipinski definition) is 2. The first-order valence-corrected chi connectivity index (χ1v) is 9.17. The second-order valence-corrected chi connectivity index (χ2v) is 6.33. The molecular formula is C21H24N2O7. The molecule has 2 aromatic rings. The summed E-state index contributed by atoms with van der Waals surface area (Å²) in [6, 6.07) is 7.82. The molecule has 2 rings (SSSR count). The van der Waals surface area contributed by atoms with E-state index in [9.17, 15) is 14.4 Å². The van der Waals surface area contributed by atoms with Crippen LogP contribution in [-0.4, -0.2) is 37.7 Å². The zero-order chi connectivity index (χ0) is 21.9. The van der Waals surface area contributed by atoms with Gasteiger partial charge in [0.2, 0.25) is 0 Å². The maximum atomic E-state index is 11.8. The summed E-state index contributed by atoms with van der Waals surface area (Å²) in [5.41, 5.74) is 0.682. The molecule has 160 valence electrons. The van der Waals surface area contributed by atoms with Crippen LogP contribution in [0.1, 0.15) is 25.2 Å². The molecule has 0 saturated carbocycles. The third kappa shape index (κ3) is 7.70. The molecule has 1 aromatic carbocycles. The molecule has 0 aliphatic rings. The second kappa shape index (κ2) is 11.3. The lowest BCUT2D eigenvalue weighted by molar-refractivity contribution is -0.143. The fraction of sp³-hybridized carbons (Fsp3) is 0.286. The summed E-state index contributed by atoms with van der Waals surface area (Å²) in [5, 5.41) is 4.48. The van der Waals surface area contributed by atoms with Crippen LogP contribution < -0.4 is 20.1 Å². The molecule has 1 aromatic heterocycles. The summed E-state index contributed by atoms with van der Waals surface area (Å²) >= 11 is 0. The van der Waals surface area contributed by atoms with Crippen LogP contribution in [0.2, 0.25) is 0 Å². The molecule has 0 radical (unpaired) electrons. The summed E-state index contributed by atoms with van der Waals surface area (Å²) in [6.07, 6.45) is 4.14. The van der Waals surface area contributed by atoms with Crippen LogP contribution in [0.5, 0.6) is 11.5 Å². The van der Waals surface area contributed by atoms with Crippen LogP contribution in [0.4, 0.5) is 4.79 Å². The summed E-state index contributed by atoms with van der Waals surface area (Å²) in [4.78, 5) is 35.1. The predicted octanol–water partition coefficient (Wildman–Crippen LogP) is 2.66. The average molecular weight is 416 g/mol. The number of furan rings is 1. The van der Waals surface area contributed by atoms with E-state index in [1.165, 1.54) is 25.5 Å². The van der Waals surface area contributed by atoms with Crippen LogP contribution in [-0.2, 0) is 20.9 Å². The highest BCUT2D eigenvalue weighted by molar-refractivity contribution is 5.96. The van der Waals surface area contributed by atoms with Gasteiger partial charge >= 0.3 is 12.0 Å². The first kappa shape index (κ1) is 22.5. The van der Waals surface area contributed by atoms with Crippen LogP contribution in [0.3, 0.4) is 0 Å². The maximum absolute atomic E-state index is 11.8. The molecule has 9 nitrogen and oxygen atoms in total. The van der Waals surface area contributed by atoms with E-state index >= 15 is 0 Å². The minimum Gasteiger partial charge on any atom is -0.493 e. The number of imide groups is 1. The molecule has 0 spiro atoms. The van der Waals surface area contributed by atoms with Crippen molar-refractivity contribution in [3.63, 3.8) is 0 Å². The van der Waals surface area contributed by atoms with E-state index in [1.54, 1.807) is 30.3 Å². The Morgan fingerprint density at radius 3 is 2.63 bits per heavy atom. The van der Waals surface area contributed by atoms with Crippen molar-refractivity contribution in [2.45, 2.75) is 26.5 Å². The Bertz CT molecular complexity index is 889. The largest absolute Gasteiger partial charge is 0.493 e. The Labute approximate surface area is 174 Å². The van der Waals surface area contributed by atoms with Gasteiger partial charge in [-0.05, 0) is 49.8 Å². The molecule has 0 bridgehead atoms. The maximum Gasteiger partial charge on any atom is 0.331 e. The average Bonchev–Trinajstić information content (AvgIpc) is 3.23. The van der Waals surface area contributed by atoms with E-state index in [-0.39, 0.29) is 12.6 Å². The molecule has 9 heteroatoms. The molecule has 0 aliphatic heterocycles. The fourth-order valence-corrected chi connectivity index (χ4v) is 2.28. The van der Waals surface area contributed by atoms with E-state index in [4.69, 9.17) is 18.6 Å². The van der Waals surface area contributed by atoms with Crippen molar-refractivity contribution in [2.75, 3.05) is 13.7 Å². The summed E-state index contributed by atoms with van der Waals surface area (Å²) < 4.78 is 20.8. The Morgan fingerprint density at radius 2 is 1.97 bits per heavy atom. The van der Waals surface area contributed by atoms with Crippen LogP contribution in [0, 0.1) is 0 Å². The number of rotatable bonds is 9. The van der Waals surface area contributed by atoms with Gasteiger partial charge in [-0.3, -0.25) is 10.1 Å². The molecule has 30 heavy (non-hydrogen) atoms. The third-order valence-electron chi connectivity index (χ3n) is 3.56. The lowest BCUT2D eigenvalue weighted by Crippen LogP contribution is -2.41. The van der Waals surface area contributed by atoms with E-state index < -0.39 is 24.5 Å². The van der Waals surface area contributed by atoms with Crippen LogP contribution in [0.15, 0.2) is 47.1 Å². The molecule has 1 heterocycles. The molecule has 0 unspecified atom stereocenters. The predicted molar refractivity (Wildman–Crippen MR) is 108 cm³/mol. The van der Waals surface area contributed by atoms with Crippen LogP contribution >= 0.6 is 0 Å². The SMILES string of the molecule is COc1cc(/C=C/C(=O)OCC(=O)NC(=O)NCc2ccco2)ccc1OC(C)C. The normalized spacial score (nSPS) is 10.7. The van der Waals surface area contributed by atoms with Gasteiger partial charge in [-0.25, -0.2) is 9.59 Å². The molecular weight excluding hydrogens is 392 g/mol. The number of esters is 1. The Hall–Kier alpha value is -3.75. The van der Waals surface area contributed by atoms with Gasteiger partial charge in [0.25, 0.3) is 5.91 Å². The topological polar surface area (TPSA) is 116 Å². The van der Waals surface area contributed by atoms with E-state index in [0.29, 0.717) is 22.8 Å². The van der Waals surface area contributed by atoms with E-state index in [0.717, 1.165) is 0 Å². The van der Waals surface area contributed by atoms with E-state index in [2.05, 4.69) is 5.32 Å². The first-order valence-electron chi connectivity index (χ1n) is 9.17. The fourth-order valence-electron chi connectivity index (χ4n) is 2.28. The van der Waals surface area contributed by atoms with Crippen molar-refractivity contribution in [2.24, 2.45) is 0 Å². The van der Waals surface area contributed by atoms with Gasteiger partial charge in [-0.2, -0.15) is 0 Å². The molecule has 0 atom stereocenters. The van der Waals surface area contributed by atoms with Gasteiger partial charge in [-0.1, -0.05) is 6.07 Å². The Balaban J connectivity index is 1.77. The molecule has 0 saturated heterocycles. The minimum absolute atomic E-state index is 0.00589. The monoisotopic (exact) mass is 416 g/mol. The lowest BCUT2D eigenvalue weighted by Gasteiger charge is -2.13. The van der Waals surface area contributed by atoms with Gasteiger partial charge < -0.3 is 23.9 Å². The number of benzene rings is 1. The summed E-state index contributed by atoms with van der Waals surface area (Å²) in [5.74, 6) is 0.163. The number of urea groups is 1. The quantitative estimate of drug-likeness (QED) is 0.477. The lowest BCUT2D eigenvalue weighted by atomic mass is 10.2. The van der Waals surface area contributed by atoms with Crippen molar-refractivity contribution in [3.8, 4) is 11.5 Å². The zero-order valence-corrected chi connectivity index (χ0v) is 17.0. The van der Waals surface area contributed by atoms with Crippen molar-refractivity contribution < 1.29 is 33.0 Å². The standard InChI is InChI=1S/C21H24N2O7/c1-14(2)30-17-8-6-15(11-18(17)27-3)7-9-20(25)29-13-19(24)23-21(26)22-12-16-5-4-10-28-16/h4-11,14H,12-13H2,1-3H3,(H2,22,23,24,26)/b9-7+. The number of hydrogen-bond acceptors (Lipinski definition) is 7. The summed E-state index contributed by atoms with van der Waals surface area (Å²) in [6.45, 7) is 3.34. The third-order valence-corrected chi connectivity index (χ3v) is 3.56. The number of ether oxygens (including phenoxy) is 3. The number of methoxy groups -OCH3 is 1. The smallest absolute Gasteiger partial charge is 0.331 e. The number of carbonyl (C=O) groups is 3. The number of carbonyl (C=O) groups excluding carboxylic acids is 3. The van der Waals surface area contributed by atoms with Gasteiger partial charge in [0.05, 0.1) is 26.0 Å². The van der Waals surface area contributed by atoms with Gasteiger partial charge in [0, 0.05) is 6.08 Å². The highest BCUT2D eigenvalue weighted by Crippen LogP contribution is 2.29. The first-order chi connectivity index (χ1) is 14.4.